The van der Waals surface area contributed by atoms with Gasteiger partial charge in [-0.05, 0) is 37.6 Å². The highest BCUT2D eigenvalue weighted by molar-refractivity contribution is 8.13. The van der Waals surface area contributed by atoms with Crippen molar-refractivity contribution in [1.82, 2.24) is 4.90 Å². The second kappa shape index (κ2) is 6.11. The van der Waals surface area contributed by atoms with E-state index < -0.39 is 9.05 Å². The number of likely N-dealkylation sites (tertiary alicyclic amines) is 1. The van der Waals surface area contributed by atoms with Crippen LogP contribution in [0.1, 0.15) is 18.4 Å². The summed E-state index contributed by atoms with van der Waals surface area (Å²) in [5.41, 5.74) is 0.653. The van der Waals surface area contributed by atoms with Crippen molar-refractivity contribution in [3.05, 3.63) is 29.8 Å². The number of hydrogen-bond donors (Lipinski definition) is 0. The van der Waals surface area contributed by atoms with Gasteiger partial charge in [-0.1, -0.05) is 12.1 Å². The van der Waals surface area contributed by atoms with Crippen LogP contribution in [0.2, 0.25) is 0 Å². The molecule has 19 heavy (non-hydrogen) atoms. The molecule has 1 aliphatic heterocycles. The number of piperidine rings is 1. The number of ether oxygens (including phenoxy) is 1. The number of halogens is 1. The van der Waals surface area contributed by atoms with Crippen molar-refractivity contribution in [2.24, 2.45) is 0 Å². The lowest BCUT2D eigenvalue weighted by molar-refractivity contribution is 0.114. The van der Waals surface area contributed by atoms with Gasteiger partial charge in [0.15, 0.2) is 0 Å². The van der Waals surface area contributed by atoms with Gasteiger partial charge in [-0.2, -0.15) is 0 Å². The van der Waals surface area contributed by atoms with Gasteiger partial charge in [-0.3, -0.25) is 0 Å². The van der Waals surface area contributed by atoms with Gasteiger partial charge in [-0.15, -0.1) is 0 Å². The maximum Gasteiger partial charge on any atom is 0.236 e. The molecule has 6 heteroatoms. The highest BCUT2D eigenvalue weighted by atomic mass is 35.7. The minimum absolute atomic E-state index is 0.168. The summed E-state index contributed by atoms with van der Waals surface area (Å²) in [7, 11) is 3.83. The molecule has 0 bridgehead atoms. The highest BCUT2D eigenvalue weighted by Gasteiger charge is 2.18. The molecule has 0 saturated carbocycles. The molecule has 0 N–H and O–H groups in total. The van der Waals surface area contributed by atoms with E-state index in [0.29, 0.717) is 11.3 Å². The fourth-order valence-corrected chi connectivity index (χ4v) is 3.16. The Morgan fingerprint density at radius 3 is 2.68 bits per heavy atom. The maximum absolute atomic E-state index is 11.1. The number of hydrogen-bond acceptors (Lipinski definition) is 4. The molecular weight excluding hydrogens is 286 g/mol. The van der Waals surface area contributed by atoms with Crippen LogP contribution in [0.5, 0.6) is 5.75 Å². The largest absolute Gasteiger partial charge is 0.490 e. The first-order chi connectivity index (χ1) is 8.92. The molecule has 1 fully saturated rings. The molecule has 4 nitrogen and oxygen atoms in total. The van der Waals surface area contributed by atoms with Crippen molar-refractivity contribution in [1.29, 1.82) is 0 Å². The normalized spacial score (nSPS) is 18.4. The van der Waals surface area contributed by atoms with E-state index >= 15 is 0 Å². The third kappa shape index (κ3) is 5.01. The molecule has 1 aromatic carbocycles. The van der Waals surface area contributed by atoms with Gasteiger partial charge >= 0.3 is 0 Å². The number of nitrogens with zero attached hydrogens (tertiary/aromatic N) is 1. The lowest BCUT2D eigenvalue weighted by Crippen LogP contribution is -2.35. The number of rotatable bonds is 4. The van der Waals surface area contributed by atoms with Crippen LogP contribution in [0.3, 0.4) is 0 Å². The summed E-state index contributed by atoms with van der Waals surface area (Å²) in [6.45, 7) is 2.06. The molecule has 0 unspecified atom stereocenters. The second-order valence-electron chi connectivity index (χ2n) is 4.95. The Kier molecular flexibility index (Phi) is 4.71. The molecule has 0 radical (unpaired) electrons. The Hall–Kier alpha value is -0.780. The summed E-state index contributed by atoms with van der Waals surface area (Å²) in [4.78, 5) is 2.27. The van der Waals surface area contributed by atoms with E-state index in [1.54, 1.807) is 18.2 Å². The molecule has 0 amide bonds. The third-order valence-electron chi connectivity index (χ3n) is 3.21. The molecule has 0 aliphatic carbocycles. The van der Waals surface area contributed by atoms with Crippen LogP contribution in [0.25, 0.3) is 0 Å². The Morgan fingerprint density at radius 2 is 2.05 bits per heavy atom. The topological polar surface area (TPSA) is 46.6 Å². The average molecular weight is 304 g/mol. The SMILES string of the molecule is CN1CCC(Oc2cccc(CS(=O)(=O)Cl)c2)CC1. The predicted octanol–water partition coefficient (Wildman–Crippen LogP) is 2.23. The molecule has 1 aliphatic rings. The summed E-state index contributed by atoms with van der Waals surface area (Å²) in [6, 6.07) is 7.13. The van der Waals surface area contributed by atoms with Crippen LogP contribution in [0, 0.1) is 0 Å². The van der Waals surface area contributed by atoms with Crippen LogP contribution in [0.15, 0.2) is 24.3 Å². The smallest absolute Gasteiger partial charge is 0.236 e. The van der Waals surface area contributed by atoms with Crippen LogP contribution in [-0.2, 0) is 14.8 Å². The zero-order valence-corrected chi connectivity index (χ0v) is 12.5. The van der Waals surface area contributed by atoms with Gasteiger partial charge in [0.1, 0.15) is 11.9 Å². The zero-order chi connectivity index (χ0) is 13.9. The lowest BCUT2D eigenvalue weighted by Gasteiger charge is -2.29. The van der Waals surface area contributed by atoms with Gasteiger partial charge in [-0.25, -0.2) is 8.42 Å². The van der Waals surface area contributed by atoms with Gasteiger partial charge in [0.05, 0.1) is 5.75 Å². The Balaban J connectivity index is 1.99. The zero-order valence-electron chi connectivity index (χ0n) is 10.9. The maximum atomic E-state index is 11.1. The van der Waals surface area contributed by atoms with Gasteiger partial charge < -0.3 is 9.64 Å². The van der Waals surface area contributed by atoms with Crippen LogP contribution in [-0.4, -0.2) is 39.6 Å². The predicted molar refractivity (Wildman–Crippen MR) is 76.1 cm³/mol. The van der Waals surface area contributed by atoms with Crippen molar-refractivity contribution in [2.75, 3.05) is 20.1 Å². The highest BCUT2D eigenvalue weighted by Crippen LogP contribution is 2.21. The van der Waals surface area contributed by atoms with E-state index in [1.807, 2.05) is 6.07 Å². The van der Waals surface area contributed by atoms with E-state index in [0.717, 1.165) is 25.9 Å². The lowest BCUT2D eigenvalue weighted by atomic mass is 10.1. The summed E-state index contributed by atoms with van der Waals surface area (Å²) < 4.78 is 28.0. The van der Waals surface area contributed by atoms with E-state index in [1.165, 1.54) is 0 Å². The summed E-state index contributed by atoms with van der Waals surface area (Å²) >= 11 is 0. The molecule has 0 spiro atoms. The Morgan fingerprint density at radius 1 is 1.37 bits per heavy atom. The van der Waals surface area contributed by atoms with Gasteiger partial charge in [0, 0.05) is 23.8 Å². The fraction of sp³-hybridized carbons (Fsp3) is 0.538. The summed E-state index contributed by atoms with van der Waals surface area (Å²) in [5, 5.41) is 0. The first-order valence-corrected chi connectivity index (χ1v) is 8.77. The van der Waals surface area contributed by atoms with Crippen LogP contribution >= 0.6 is 10.7 Å². The van der Waals surface area contributed by atoms with E-state index in [4.69, 9.17) is 15.4 Å². The van der Waals surface area contributed by atoms with Crippen LogP contribution in [0.4, 0.5) is 0 Å². The molecule has 2 rings (SSSR count). The first-order valence-electron chi connectivity index (χ1n) is 6.29. The van der Waals surface area contributed by atoms with Crippen molar-refractivity contribution in [3.8, 4) is 5.75 Å². The van der Waals surface area contributed by atoms with E-state index in [9.17, 15) is 8.42 Å². The number of benzene rings is 1. The molecule has 0 aromatic heterocycles. The van der Waals surface area contributed by atoms with Crippen LogP contribution < -0.4 is 4.74 Å². The molecule has 1 heterocycles. The quantitative estimate of drug-likeness (QED) is 0.800. The standard InChI is InChI=1S/C13H18ClNO3S/c1-15-7-5-12(6-8-15)18-13-4-2-3-11(9-13)10-19(14,16)17/h2-4,9,12H,5-8,10H2,1H3. The van der Waals surface area contributed by atoms with E-state index in [2.05, 4.69) is 11.9 Å². The van der Waals surface area contributed by atoms with Gasteiger partial charge in [0.2, 0.25) is 9.05 Å². The summed E-state index contributed by atoms with van der Waals surface area (Å²) in [6.07, 6.45) is 2.20. The van der Waals surface area contributed by atoms with Crippen molar-refractivity contribution < 1.29 is 13.2 Å². The van der Waals surface area contributed by atoms with Crippen molar-refractivity contribution >= 4 is 19.7 Å². The average Bonchev–Trinajstić information content (AvgIpc) is 2.30. The monoisotopic (exact) mass is 303 g/mol. The van der Waals surface area contributed by atoms with Gasteiger partial charge in [0.25, 0.3) is 0 Å². The fourth-order valence-electron chi connectivity index (χ4n) is 2.20. The Bertz CT molecular complexity index is 524. The third-order valence-corrected chi connectivity index (χ3v) is 4.21. The molecule has 1 saturated heterocycles. The molecule has 1 aromatic rings. The minimum atomic E-state index is -3.52. The first kappa shape index (κ1) is 14.6. The second-order valence-corrected chi connectivity index (χ2v) is 7.73. The molecule has 106 valence electrons. The van der Waals surface area contributed by atoms with Crippen molar-refractivity contribution in [2.45, 2.75) is 24.7 Å². The van der Waals surface area contributed by atoms with Crippen molar-refractivity contribution in [3.63, 3.8) is 0 Å². The van der Waals surface area contributed by atoms with E-state index in [-0.39, 0.29) is 11.9 Å². The molecular formula is C13H18ClNO3S. The summed E-state index contributed by atoms with van der Waals surface area (Å²) in [5.74, 6) is 0.548. The Labute approximate surface area is 118 Å². The molecule has 0 atom stereocenters. The minimum Gasteiger partial charge on any atom is -0.490 e.